The molecular weight excluding hydrogens is 617 g/mol. The standard InChI is InChI=1S/C49H36N2/c1-49(2)42-22-11-10-19-40(42)41-21-12-20-39(47(41)49)32-23-26-34(27-24-32)44-30-43(33-14-4-3-5-15-33)50-48(51-44)46-38-18-9-7-16-35(38)29-36-28-25-31-13-6-8-17-37(31)45(36)46/h3-30,43H,1-2H3,(H,50,51). The second-order valence-corrected chi connectivity index (χ2v) is 14.4. The summed E-state index contributed by atoms with van der Waals surface area (Å²) in [4.78, 5) is 5.48. The van der Waals surface area contributed by atoms with Crippen LogP contribution in [0.3, 0.4) is 0 Å². The molecule has 1 aliphatic carbocycles. The molecule has 1 atom stereocenters. The fourth-order valence-corrected chi connectivity index (χ4v) is 8.66. The Morgan fingerprint density at radius 3 is 2.02 bits per heavy atom. The summed E-state index contributed by atoms with van der Waals surface area (Å²) >= 11 is 0. The van der Waals surface area contributed by atoms with Crippen molar-refractivity contribution in [1.82, 2.24) is 5.32 Å². The van der Waals surface area contributed by atoms with Crippen LogP contribution in [-0.2, 0) is 5.41 Å². The Morgan fingerprint density at radius 2 is 1.18 bits per heavy atom. The van der Waals surface area contributed by atoms with E-state index in [1.54, 1.807) is 0 Å². The van der Waals surface area contributed by atoms with Gasteiger partial charge in [-0.3, -0.25) is 0 Å². The number of benzene rings is 8. The normalized spacial score (nSPS) is 16.0. The lowest BCUT2D eigenvalue weighted by atomic mass is 9.79. The number of nitrogens with zero attached hydrogens (tertiary/aromatic N) is 1. The van der Waals surface area contributed by atoms with Crippen molar-refractivity contribution in [3.8, 4) is 22.3 Å². The summed E-state index contributed by atoms with van der Waals surface area (Å²) < 4.78 is 0. The summed E-state index contributed by atoms with van der Waals surface area (Å²) in [5, 5.41) is 11.2. The molecule has 0 amide bonds. The Labute approximate surface area is 298 Å². The molecule has 0 fully saturated rings. The first kappa shape index (κ1) is 29.6. The topological polar surface area (TPSA) is 24.4 Å². The number of fused-ring (bicyclic) bond motifs is 7. The van der Waals surface area contributed by atoms with Gasteiger partial charge in [-0.05, 0) is 83.6 Å². The largest absolute Gasteiger partial charge is 0.359 e. The van der Waals surface area contributed by atoms with Crippen LogP contribution in [0.25, 0.3) is 60.3 Å². The maximum atomic E-state index is 5.48. The van der Waals surface area contributed by atoms with Gasteiger partial charge in [0, 0.05) is 16.4 Å². The van der Waals surface area contributed by atoms with Crippen molar-refractivity contribution in [2.24, 2.45) is 4.99 Å². The second-order valence-electron chi connectivity index (χ2n) is 14.4. The van der Waals surface area contributed by atoms with E-state index in [9.17, 15) is 0 Å². The summed E-state index contributed by atoms with van der Waals surface area (Å²) in [7, 11) is 0. The molecule has 51 heavy (non-hydrogen) atoms. The van der Waals surface area contributed by atoms with Crippen LogP contribution in [0.1, 0.15) is 47.7 Å². The minimum absolute atomic E-state index is 0.0472. The highest BCUT2D eigenvalue weighted by atomic mass is 15.0. The predicted molar refractivity (Wildman–Crippen MR) is 215 cm³/mol. The third-order valence-electron chi connectivity index (χ3n) is 11.1. The van der Waals surface area contributed by atoms with E-state index in [0.717, 1.165) is 22.7 Å². The zero-order valence-electron chi connectivity index (χ0n) is 28.7. The van der Waals surface area contributed by atoms with E-state index in [0.29, 0.717) is 0 Å². The van der Waals surface area contributed by atoms with E-state index in [4.69, 9.17) is 4.99 Å². The molecule has 0 saturated carbocycles. The highest BCUT2D eigenvalue weighted by Crippen LogP contribution is 2.52. The first-order valence-electron chi connectivity index (χ1n) is 17.8. The molecule has 0 radical (unpaired) electrons. The van der Waals surface area contributed by atoms with Gasteiger partial charge < -0.3 is 5.32 Å². The minimum atomic E-state index is -0.0771. The third kappa shape index (κ3) is 4.67. The molecule has 2 heteroatoms. The Morgan fingerprint density at radius 1 is 0.529 bits per heavy atom. The van der Waals surface area contributed by atoms with Gasteiger partial charge in [0.2, 0.25) is 0 Å². The van der Waals surface area contributed by atoms with Crippen molar-refractivity contribution in [2.75, 3.05) is 0 Å². The first-order chi connectivity index (χ1) is 25.0. The van der Waals surface area contributed by atoms with Gasteiger partial charge in [-0.2, -0.15) is 0 Å². The van der Waals surface area contributed by atoms with Crippen LogP contribution in [0.4, 0.5) is 0 Å². The van der Waals surface area contributed by atoms with E-state index >= 15 is 0 Å². The maximum absolute atomic E-state index is 5.48. The molecular formula is C49H36N2. The van der Waals surface area contributed by atoms with Crippen LogP contribution < -0.4 is 5.32 Å². The number of rotatable bonds is 4. The summed E-state index contributed by atoms with van der Waals surface area (Å²) in [5.74, 6) is 0.893. The predicted octanol–water partition coefficient (Wildman–Crippen LogP) is 12.3. The van der Waals surface area contributed by atoms with Crippen LogP contribution in [0.15, 0.2) is 175 Å². The van der Waals surface area contributed by atoms with Crippen LogP contribution in [-0.4, -0.2) is 5.84 Å². The molecule has 0 spiro atoms. The molecule has 1 unspecified atom stereocenters. The van der Waals surface area contributed by atoms with E-state index in [2.05, 4.69) is 189 Å². The number of hydrogen-bond donors (Lipinski definition) is 1. The number of amidine groups is 1. The first-order valence-corrected chi connectivity index (χ1v) is 17.8. The fraction of sp³-hybridized carbons (Fsp3) is 0.0816. The highest BCUT2D eigenvalue weighted by molar-refractivity contribution is 6.27. The summed E-state index contributed by atoms with van der Waals surface area (Å²) in [6.45, 7) is 4.71. The molecule has 0 saturated heterocycles. The van der Waals surface area contributed by atoms with Crippen LogP contribution in [0.2, 0.25) is 0 Å². The van der Waals surface area contributed by atoms with E-state index in [1.807, 2.05) is 0 Å². The molecule has 0 bridgehead atoms. The summed E-state index contributed by atoms with van der Waals surface area (Å²) in [5.41, 5.74) is 12.3. The molecule has 8 aromatic carbocycles. The van der Waals surface area contributed by atoms with Crippen LogP contribution >= 0.6 is 0 Å². The molecule has 1 aliphatic heterocycles. The average Bonchev–Trinajstić information content (AvgIpc) is 3.43. The minimum Gasteiger partial charge on any atom is -0.359 e. The summed E-state index contributed by atoms with van der Waals surface area (Å²) in [6, 6.07) is 59.5. The number of aliphatic imine (C=N–C) groups is 1. The highest BCUT2D eigenvalue weighted by Gasteiger charge is 2.37. The molecule has 8 aromatic rings. The lowest BCUT2D eigenvalue weighted by molar-refractivity contribution is 0.662. The molecule has 242 valence electrons. The molecule has 0 aromatic heterocycles. The van der Waals surface area contributed by atoms with Crippen molar-refractivity contribution in [3.05, 3.63) is 198 Å². The average molecular weight is 653 g/mol. The van der Waals surface area contributed by atoms with Crippen LogP contribution in [0.5, 0.6) is 0 Å². The number of nitrogens with one attached hydrogen (secondary N) is 1. The smallest absolute Gasteiger partial charge is 0.135 e. The van der Waals surface area contributed by atoms with Crippen molar-refractivity contribution in [1.29, 1.82) is 0 Å². The van der Waals surface area contributed by atoms with Gasteiger partial charge >= 0.3 is 0 Å². The second kappa shape index (κ2) is 11.4. The lowest BCUT2D eigenvalue weighted by Gasteiger charge is -2.26. The van der Waals surface area contributed by atoms with Gasteiger partial charge in [0.25, 0.3) is 0 Å². The van der Waals surface area contributed by atoms with Crippen molar-refractivity contribution in [3.63, 3.8) is 0 Å². The molecule has 1 heterocycles. The third-order valence-corrected chi connectivity index (χ3v) is 11.1. The number of hydrogen-bond acceptors (Lipinski definition) is 2. The van der Waals surface area contributed by atoms with Gasteiger partial charge in [-0.1, -0.05) is 172 Å². The fourth-order valence-electron chi connectivity index (χ4n) is 8.66. The molecule has 2 aliphatic rings. The monoisotopic (exact) mass is 652 g/mol. The zero-order valence-corrected chi connectivity index (χ0v) is 28.7. The zero-order chi connectivity index (χ0) is 34.1. The summed E-state index contributed by atoms with van der Waals surface area (Å²) in [6.07, 6.45) is 2.28. The molecule has 2 nitrogen and oxygen atoms in total. The quantitative estimate of drug-likeness (QED) is 0.148. The Kier molecular flexibility index (Phi) is 6.63. The van der Waals surface area contributed by atoms with Crippen LogP contribution in [0, 0.1) is 0 Å². The molecule has 1 N–H and O–H groups in total. The maximum Gasteiger partial charge on any atom is 0.135 e. The van der Waals surface area contributed by atoms with Gasteiger partial charge in [0.05, 0.1) is 11.7 Å². The van der Waals surface area contributed by atoms with E-state index in [1.165, 1.54) is 71.3 Å². The van der Waals surface area contributed by atoms with Crippen molar-refractivity contribution in [2.45, 2.75) is 25.3 Å². The Hall–Kier alpha value is -6.25. The van der Waals surface area contributed by atoms with Crippen molar-refractivity contribution >= 4 is 43.9 Å². The van der Waals surface area contributed by atoms with Gasteiger partial charge in [0.1, 0.15) is 5.84 Å². The van der Waals surface area contributed by atoms with Gasteiger partial charge in [0.15, 0.2) is 0 Å². The SMILES string of the molecule is CC1(C)c2ccccc2-c2cccc(-c3ccc(C4=CC(c5ccccc5)NC(c5c6ccccc6cc6ccc7ccccc7c56)=N4)cc3)c21. The van der Waals surface area contributed by atoms with E-state index < -0.39 is 0 Å². The molecule has 10 rings (SSSR count). The van der Waals surface area contributed by atoms with E-state index in [-0.39, 0.29) is 11.5 Å². The lowest BCUT2D eigenvalue weighted by Crippen LogP contribution is -2.31. The Bertz CT molecular complexity index is 2730. The Balaban J connectivity index is 1.14. The van der Waals surface area contributed by atoms with Gasteiger partial charge in [-0.15, -0.1) is 0 Å². The van der Waals surface area contributed by atoms with Crippen molar-refractivity contribution < 1.29 is 0 Å². The van der Waals surface area contributed by atoms with Gasteiger partial charge in [-0.25, -0.2) is 4.99 Å².